The molecule has 0 bridgehead atoms. The Kier molecular flexibility index (Phi) is 4.39. The second-order valence-electron chi connectivity index (χ2n) is 6.05. The van der Waals surface area contributed by atoms with Gasteiger partial charge in [0.05, 0.1) is 0 Å². The van der Waals surface area contributed by atoms with E-state index < -0.39 is 0 Å². The third-order valence-electron chi connectivity index (χ3n) is 4.03. The highest BCUT2D eigenvalue weighted by molar-refractivity contribution is 5.19. The molecular formula is C16H24FN. The molecule has 0 radical (unpaired) electrons. The molecule has 1 aromatic carbocycles. The Balaban J connectivity index is 1.94. The Bertz CT molecular complexity index is 363. The Morgan fingerprint density at radius 3 is 2.17 bits per heavy atom. The summed E-state index contributed by atoms with van der Waals surface area (Å²) in [6.45, 7) is 6.84. The monoisotopic (exact) mass is 249 g/mol. The minimum atomic E-state index is -0.161. The first kappa shape index (κ1) is 13.5. The van der Waals surface area contributed by atoms with Gasteiger partial charge in [0.25, 0.3) is 0 Å². The minimum absolute atomic E-state index is 0.161. The molecule has 0 aliphatic heterocycles. The van der Waals surface area contributed by atoms with Gasteiger partial charge in [-0.15, -0.1) is 0 Å². The number of rotatable bonds is 3. The zero-order valence-electron chi connectivity index (χ0n) is 11.6. The maximum absolute atomic E-state index is 12.9. The van der Waals surface area contributed by atoms with Crippen LogP contribution in [0.15, 0.2) is 24.3 Å². The molecule has 2 heteroatoms. The van der Waals surface area contributed by atoms with E-state index in [4.69, 9.17) is 0 Å². The number of hydrogen-bond acceptors (Lipinski definition) is 1. The summed E-state index contributed by atoms with van der Waals surface area (Å²) in [5.41, 5.74) is 1.17. The first-order chi connectivity index (χ1) is 8.54. The molecule has 1 saturated carbocycles. The van der Waals surface area contributed by atoms with Gasteiger partial charge in [-0.05, 0) is 55.7 Å². The molecule has 1 aliphatic carbocycles. The zero-order valence-corrected chi connectivity index (χ0v) is 11.6. The lowest BCUT2D eigenvalue weighted by Gasteiger charge is -2.34. The summed E-state index contributed by atoms with van der Waals surface area (Å²) in [5, 5.41) is 3.69. The maximum atomic E-state index is 12.9. The molecule has 100 valence electrons. The fourth-order valence-electron chi connectivity index (χ4n) is 3.28. The van der Waals surface area contributed by atoms with Crippen molar-refractivity contribution in [2.45, 2.75) is 52.1 Å². The highest BCUT2D eigenvalue weighted by Crippen LogP contribution is 2.29. The topological polar surface area (TPSA) is 12.0 Å². The normalized spacial score (nSPS) is 30.1. The fraction of sp³-hybridized carbons (Fsp3) is 0.625. The second-order valence-corrected chi connectivity index (χ2v) is 6.05. The van der Waals surface area contributed by atoms with E-state index in [0.717, 1.165) is 11.8 Å². The third kappa shape index (κ3) is 3.55. The largest absolute Gasteiger partial charge is 0.307 e. The quantitative estimate of drug-likeness (QED) is 0.842. The van der Waals surface area contributed by atoms with Crippen LogP contribution < -0.4 is 5.32 Å². The molecule has 1 N–H and O–H groups in total. The van der Waals surface area contributed by atoms with Crippen LogP contribution in [0.2, 0.25) is 0 Å². The van der Waals surface area contributed by atoms with Crippen molar-refractivity contribution in [1.82, 2.24) is 5.32 Å². The van der Waals surface area contributed by atoms with Gasteiger partial charge >= 0.3 is 0 Å². The van der Waals surface area contributed by atoms with Crippen molar-refractivity contribution in [2.24, 2.45) is 11.8 Å². The second kappa shape index (κ2) is 5.83. The van der Waals surface area contributed by atoms with Crippen molar-refractivity contribution >= 4 is 0 Å². The average molecular weight is 249 g/mol. The highest BCUT2D eigenvalue weighted by Gasteiger charge is 2.24. The van der Waals surface area contributed by atoms with Crippen LogP contribution in [0, 0.1) is 17.7 Å². The summed E-state index contributed by atoms with van der Waals surface area (Å²) >= 11 is 0. The zero-order chi connectivity index (χ0) is 13.1. The van der Waals surface area contributed by atoms with Crippen LogP contribution in [0.4, 0.5) is 4.39 Å². The Morgan fingerprint density at radius 2 is 1.61 bits per heavy atom. The Hall–Kier alpha value is -0.890. The van der Waals surface area contributed by atoms with E-state index in [1.165, 1.54) is 24.8 Å². The summed E-state index contributed by atoms with van der Waals surface area (Å²) in [6.07, 6.45) is 3.87. The van der Waals surface area contributed by atoms with Gasteiger partial charge in [-0.3, -0.25) is 0 Å². The standard InChI is InChI=1S/C16H24FN/c1-11-8-12(2)10-16(9-11)18-13(3)14-4-6-15(17)7-5-14/h4-7,11-13,16,18H,8-10H2,1-3H3/t11?,12?,13-,16?/m0/s1. The van der Waals surface area contributed by atoms with Crippen LogP contribution >= 0.6 is 0 Å². The number of halogens is 1. The van der Waals surface area contributed by atoms with Crippen molar-refractivity contribution in [1.29, 1.82) is 0 Å². The van der Waals surface area contributed by atoms with Crippen LogP contribution in [0.1, 0.15) is 51.6 Å². The molecule has 1 fully saturated rings. The molecule has 0 heterocycles. The fourth-order valence-corrected chi connectivity index (χ4v) is 3.28. The van der Waals surface area contributed by atoms with Gasteiger partial charge in [0.2, 0.25) is 0 Å². The summed E-state index contributed by atoms with van der Waals surface area (Å²) in [5.74, 6) is 1.46. The molecule has 0 saturated heterocycles. The average Bonchev–Trinajstić information content (AvgIpc) is 2.28. The SMILES string of the molecule is CC1CC(C)CC(N[C@@H](C)c2ccc(F)cc2)C1. The number of benzene rings is 1. The smallest absolute Gasteiger partial charge is 0.123 e. The van der Waals surface area contributed by atoms with Gasteiger partial charge in [-0.2, -0.15) is 0 Å². The minimum Gasteiger partial charge on any atom is -0.307 e. The highest BCUT2D eigenvalue weighted by atomic mass is 19.1. The molecule has 18 heavy (non-hydrogen) atoms. The lowest BCUT2D eigenvalue weighted by Crippen LogP contribution is -2.37. The first-order valence-corrected chi connectivity index (χ1v) is 7.06. The summed E-state index contributed by atoms with van der Waals surface area (Å²) in [4.78, 5) is 0. The predicted octanol–water partition coefficient (Wildman–Crippen LogP) is 4.30. The van der Waals surface area contributed by atoms with Crippen molar-refractivity contribution in [3.8, 4) is 0 Å². The van der Waals surface area contributed by atoms with E-state index >= 15 is 0 Å². The third-order valence-corrected chi connectivity index (χ3v) is 4.03. The Labute approximate surface area is 110 Å². The predicted molar refractivity (Wildman–Crippen MR) is 73.9 cm³/mol. The van der Waals surface area contributed by atoms with Crippen LogP contribution in [-0.4, -0.2) is 6.04 Å². The number of hydrogen-bond donors (Lipinski definition) is 1. The van der Waals surface area contributed by atoms with Gasteiger partial charge in [0.15, 0.2) is 0 Å². The van der Waals surface area contributed by atoms with Crippen molar-refractivity contribution < 1.29 is 4.39 Å². The van der Waals surface area contributed by atoms with E-state index in [2.05, 4.69) is 26.1 Å². The van der Waals surface area contributed by atoms with Gasteiger partial charge in [0.1, 0.15) is 5.82 Å². The van der Waals surface area contributed by atoms with E-state index in [9.17, 15) is 4.39 Å². The van der Waals surface area contributed by atoms with Crippen molar-refractivity contribution in [3.05, 3.63) is 35.6 Å². The van der Waals surface area contributed by atoms with Gasteiger partial charge < -0.3 is 5.32 Å². The summed E-state index contributed by atoms with van der Waals surface area (Å²) < 4.78 is 12.9. The summed E-state index contributed by atoms with van der Waals surface area (Å²) in [7, 11) is 0. The molecule has 1 aliphatic rings. The lowest BCUT2D eigenvalue weighted by molar-refractivity contribution is 0.228. The van der Waals surface area contributed by atoms with Crippen LogP contribution in [-0.2, 0) is 0 Å². The van der Waals surface area contributed by atoms with Crippen LogP contribution in [0.3, 0.4) is 0 Å². The van der Waals surface area contributed by atoms with Crippen LogP contribution in [0.5, 0.6) is 0 Å². The van der Waals surface area contributed by atoms with E-state index in [0.29, 0.717) is 12.1 Å². The maximum Gasteiger partial charge on any atom is 0.123 e. The van der Waals surface area contributed by atoms with Gasteiger partial charge in [-0.25, -0.2) is 4.39 Å². The lowest BCUT2D eigenvalue weighted by atomic mass is 9.80. The molecule has 1 aromatic rings. The van der Waals surface area contributed by atoms with E-state index in [1.54, 1.807) is 12.1 Å². The van der Waals surface area contributed by atoms with Crippen LogP contribution in [0.25, 0.3) is 0 Å². The Morgan fingerprint density at radius 1 is 1.06 bits per heavy atom. The molecular weight excluding hydrogens is 225 g/mol. The van der Waals surface area contributed by atoms with E-state index in [1.807, 2.05) is 12.1 Å². The molecule has 2 unspecified atom stereocenters. The number of nitrogens with one attached hydrogen (secondary N) is 1. The molecule has 0 spiro atoms. The molecule has 2 rings (SSSR count). The molecule has 1 nitrogen and oxygen atoms in total. The summed E-state index contributed by atoms with van der Waals surface area (Å²) in [6, 6.07) is 7.74. The van der Waals surface area contributed by atoms with Crippen molar-refractivity contribution in [3.63, 3.8) is 0 Å². The first-order valence-electron chi connectivity index (χ1n) is 7.06. The van der Waals surface area contributed by atoms with Crippen molar-refractivity contribution in [2.75, 3.05) is 0 Å². The molecule has 3 atom stereocenters. The van der Waals surface area contributed by atoms with Gasteiger partial charge in [-0.1, -0.05) is 26.0 Å². The van der Waals surface area contributed by atoms with E-state index in [-0.39, 0.29) is 5.82 Å². The van der Waals surface area contributed by atoms with Gasteiger partial charge in [0, 0.05) is 12.1 Å². The molecule has 0 amide bonds. The molecule has 0 aromatic heterocycles.